The summed E-state index contributed by atoms with van der Waals surface area (Å²) in [5.41, 5.74) is 0.459. The lowest BCUT2D eigenvalue weighted by Crippen LogP contribution is -2.03. The van der Waals surface area contributed by atoms with Crippen molar-refractivity contribution in [2.45, 2.75) is 6.54 Å². The highest BCUT2D eigenvalue weighted by molar-refractivity contribution is 9.10. The molecule has 1 aromatic heterocycles. The Bertz CT molecular complexity index is 593. The van der Waals surface area contributed by atoms with Crippen molar-refractivity contribution in [3.8, 4) is 11.6 Å². The predicted octanol–water partition coefficient (Wildman–Crippen LogP) is 3.31. The molecule has 1 heterocycles. The molecule has 0 aliphatic heterocycles. The summed E-state index contributed by atoms with van der Waals surface area (Å²) >= 11 is 3.34. The number of anilines is 1. The van der Waals surface area contributed by atoms with Gasteiger partial charge in [0.25, 0.3) is 0 Å². The molecule has 0 amide bonds. The SMILES string of the molecule is COc1cc(Br)cc(NCc2cc(F)ccc2O)n1. The van der Waals surface area contributed by atoms with E-state index >= 15 is 0 Å². The number of phenolic OH excluding ortho intramolecular Hbond substituents is 1. The van der Waals surface area contributed by atoms with Gasteiger partial charge in [0.05, 0.1) is 7.11 Å². The van der Waals surface area contributed by atoms with E-state index in [0.29, 0.717) is 17.3 Å². The number of halogens is 2. The number of phenols is 1. The second-order valence-corrected chi connectivity index (χ2v) is 4.76. The lowest BCUT2D eigenvalue weighted by atomic mass is 10.2. The number of hydrogen-bond donors (Lipinski definition) is 2. The van der Waals surface area contributed by atoms with Crippen LogP contribution in [0.2, 0.25) is 0 Å². The van der Waals surface area contributed by atoms with E-state index in [1.807, 2.05) is 0 Å². The van der Waals surface area contributed by atoms with Crippen LogP contribution in [0.5, 0.6) is 11.6 Å². The number of hydrogen-bond acceptors (Lipinski definition) is 4. The van der Waals surface area contributed by atoms with E-state index in [1.165, 1.54) is 25.3 Å². The van der Waals surface area contributed by atoms with Gasteiger partial charge < -0.3 is 15.2 Å². The molecule has 0 aliphatic rings. The van der Waals surface area contributed by atoms with Crippen LogP contribution >= 0.6 is 15.9 Å². The average molecular weight is 327 g/mol. The highest BCUT2D eigenvalue weighted by Crippen LogP contribution is 2.23. The van der Waals surface area contributed by atoms with E-state index in [0.717, 1.165) is 4.47 Å². The number of methoxy groups -OCH3 is 1. The summed E-state index contributed by atoms with van der Waals surface area (Å²) < 4.78 is 18.9. The first-order valence-electron chi connectivity index (χ1n) is 5.51. The van der Waals surface area contributed by atoms with Crippen LogP contribution < -0.4 is 10.1 Å². The average Bonchev–Trinajstić information content (AvgIpc) is 2.39. The Morgan fingerprint density at radius 1 is 1.37 bits per heavy atom. The van der Waals surface area contributed by atoms with E-state index in [-0.39, 0.29) is 12.3 Å². The molecule has 0 aliphatic carbocycles. The van der Waals surface area contributed by atoms with Gasteiger partial charge in [0.15, 0.2) is 0 Å². The minimum Gasteiger partial charge on any atom is -0.508 e. The molecule has 2 rings (SSSR count). The van der Waals surface area contributed by atoms with Crippen LogP contribution in [0.25, 0.3) is 0 Å². The van der Waals surface area contributed by atoms with Gasteiger partial charge in [-0.05, 0) is 24.3 Å². The van der Waals surface area contributed by atoms with E-state index in [2.05, 4.69) is 26.2 Å². The van der Waals surface area contributed by atoms with Crippen molar-refractivity contribution in [1.29, 1.82) is 0 Å². The summed E-state index contributed by atoms with van der Waals surface area (Å²) in [6, 6.07) is 7.29. The third-order valence-corrected chi connectivity index (χ3v) is 2.94. The molecule has 100 valence electrons. The number of pyridine rings is 1. The van der Waals surface area contributed by atoms with Gasteiger partial charge in [0.1, 0.15) is 17.4 Å². The van der Waals surface area contributed by atoms with Crippen LogP contribution in [-0.2, 0) is 6.54 Å². The Morgan fingerprint density at radius 3 is 2.89 bits per heavy atom. The highest BCUT2D eigenvalue weighted by Gasteiger charge is 2.05. The third kappa shape index (κ3) is 3.57. The summed E-state index contributed by atoms with van der Waals surface area (Å²) in [6.45, 7) is 0.260. The van der Waals surface area contributed by atoms with Gasteiger partial charge in [-0.1, -0.05) is 15.9 Å². The fourth-order valence-electron chi connectivity index (χ4n) is 1.55. The molecule has 0 bridgehead atoms. The maximum absolute atomic E-state index is 13.1. The molecule has 19 heavy (non-hydrogen) atoms. The Labute approximate surface area is 118 Å². The van der Waals surface area contributed by atoms with Crippen LogP contribution in [0.4, 0.5) is 10.2 Å². The minimum absolute atomic E-state index is 0.0378. The first-order chi connectivity index (χ1) is 9.08. The summed E-state index contributed by atoms with van der Waals surface area (Å²) in [5.74, 6) is 0.667. The molecule has 6 heteroatoms. The van der Waals surface area contributed by atoms with E-state index in [1.54, 1.807) is 12.1 Å². The quantitative estimate of drug-likeness (QED) is 0.905. The van der Waals surface area contributed by atoms with Gasteiger partial charge >= 0.3 is 0 Å². The molecular weight excluding hydrogens is 315 g/mol. The first-order valence-corrected chi connectivity index (χ1v) is 6.30. The number of ether oxygens (including phenoxy) is 1. The van der Waals surface area contributed by atoms with Gasteiger partial charge in [-0.25, -0.2) is 4.39 Å². The molecular formula is C13H12BrFN2O2. The summed E-state index contributed by atoms with van der Waals surface area (Å²) in [6.07, 6.45) is 0. The monoisotopic (exact) mass is 326 g/mol. The van der Waals surface area contributed by atoms with Crippen LogP contribution in [0.15, 0.2) is 34.8 Å². The molecule has 0 fully saturated rings. The van der Waals surface area contributed by atoms with Gasteiger partial charge in [0, 0.05) is 22.6 Å². The minimum atomic E-state index is -0.394. The topological polar surface area (TPSA) is 54.4 Å². The zero-order valence-electron chi connectivity index (χ0n) is 10.2. The van der Waals surface area contributed by atoms with Gasteiger partial charge in [-0.2, -0.15) is 4.98 Å². The number of nitrogens with one attached hydrogen (secondary N) is 1. The molecule has 4 nitrogen and oxygen atoms in total. The largest absolute Gasteiger partial charge is 0.508 e. The van der Waals surface area contributed by atoms with Crippen molar-refractivity contribution in [2.24, 2.45) is 0 Å². The molecule has 0 spiro atoms. The number of benzene rings is 1. The summed E-state index contributed by atoms with van der Waals surface area (Å²) in [5, 5.41) is 12.6. The number of aromatic nitrogens is 1. The summed E-state index contributed by atoms with van der Waals surface area (Å²) in [7, 11) is 1.52. The first kappa shape index (κ1) is 13.6. The Morgan fingerprint density at radius 2 is 2.16 bits per heavy atom. The Hall–Kier alpha value is -1.82. The number of rotatable bonds is 4. The van der Waals surface area contributed by atoms with E-state index in [4.69, 9.17) is 4.74 Å². The van der Waals surface area contributed by atoms with Gasteiger partial charge in [0.2, 0.25) is 5.88 Å². The van der Waals surface area contributed by atoms with Gasteiger partial charge in [-0.15, -0.1) is 0 Å². The Kier molecular flexibility index (Phi) is 4.21. The zero-order valence-corrected chi connectivity index (χ0v) is 11.7. The number of aromatic hydroxyl groups is 1. The van der Waals surface area contributed by atoms with E-state index in [9.17, 15) is 9.50 Å². The third-order valence-electron chi connectivity index (χ3n) is 2.48. The second kappa shape index (κ2) is 5.88. The normalized spacial score (nSPS) is 10.3. The molecule has 0 unspecified atom stereocenters. The van der Waals surface area contributed by atoms with Crippen LogP contribution in [0.1, 0.15) is 5.56 Å². The molecule has 2 N–H and O–H groups in total. The fourth-order valence-corrected chi connectivity index (χ4v) is 1.96. The lowest BCUT2D eigenvalue weighted by Gasteiger charge is -2.09. The van der Waals surface area contributed by atoms with Crippen molar-refractivity contribution in [2.75, 3.05) is 12.4 Å². The molecule has 1 aromatic carbocycles. The lowest BCUT2D eigenvalue weighted by molar-refractivity contribution is 0.398. The smallest absolute Gasteiger partial charge is 0.216 e. The van der Waals surface area contributed by atoms with Crippen molar-refractivity contribution < 1.29 is 14.2 Å². The van der Waals surface area contributed by atoms with E-state index < -0.39 is 5.82 Å². The molecule has 0 saturated carbocycles. The van der Waals surface area contributed by atoms with Crippen LogP contribution in [0, 0.1) is 5.82 Å². The molecule has 0 saturated heterocycles. The molecule has 0 atom stereocenters. The Balaban J connectivity index is 2.14. The van der Waals surface area contributed by atoms with Crippen molar-refractivity contribution >= 4 is 21.7 Å². The number of nitrogens with zero attached hydrogens (tertiary/aromatic N) is 1. The zero-order chi connectivity index (χ0) is 13.8. The molecule has 0 radical (unpaired) electrons. The van der Waals surface area contributed by atoms with Crippen molar-refractivity contribution in [3.63, 3.8) is 0 Å². The maximum atomic E-state index is 13.1. The standard InChI is InChI=1S/C13H12BrFN2O2/c1-19-13-6-9(14)5-12(17-13)16-7-8-4-10(15)2-3-11(8)18/h2-6,18H,7H2,1H3,(H,16,17). The second-order valence-electron chi connectivity index (χ2n) is 3.84. The van der Waals surface area contributed by atoms with Gasteiger partial charge in [-0.3, -0.25) is 0 Å². The van der Waals surface area contributed by atoms with Crippen molar-refractivity contribution in [3.05, 3.63) is 46.2 Å². The maximum Gasteiger partial charge on any atom is 0.216 e. The van der Waals surface area contributed by atoms with Crippen molar-refractivity contribution in [1.82, 2.24) is 4.98 Å². The highest BCUT2D eigenvalue weighted by atomic mass is 79.9. The van der Waals surface area contributed by atoms with Crippen LogP contribution in [-0.4, -0.2) is 17.2 Å². The predicted molar refractivity (Wildman–Crippen MR) is 73.9 cm³/mol. The summed E-state index contributed by atoms with van der Waals surface area (Å²) in [4.78, 5) is 4.18. The fraction of sp³-hybridized carbons (Fsp3) is 0.154. The van der Waals surface area contributed by atoms with Crippen LogP contribution in [0.3, 0.4) is 0 Å². The molecule has 2 aromatic rings.